The summed E-state index contributed by atoms with van der Waals surface area (Å²) in [5.41, 5.74) is 6.52. The molecule has 2 unspecified atom stereocenters. The summed E-state index contributed by atoms with van der Waals surface area (Å²) in [6, 6.07) is 33.2. The fraction of sp³-hybridized carbons (Fsp3) is 0.111. The summed E-state index contributed by atoms with van der Waals surface area (Å²) in [5.74, 6) is 1.24. The van der Waals surface area contributed by atoms with Crippen LogP contribution in [0, 0.1) is 0 Å². The molecule has 2 atom stereocenters. The molecule has 0 N–H and O–H groups in total. The molecule has 0 bridgehead atoms. The highest BCUT2D eigenvalue weighted by atomic mass is 16.5. The zero-order chi connectivity index (χ0) is 24.3. The predicted molar refractivity (Wildman–Crippen MR) is 155 cm³/mol. The molecule has 1 heteroatoms. The molecular formula is C36H26O. The first-order valence-corrected chi connectivity index (χ1v) is 13.3. The van der Waals surface area contributed by atoms with Gasteiger partial charge < -0.3 is 4.74 Å². The molecule has 0 radical (unpaired) electrons. The standard InChI is InChI=1S/C36H26O/c1-2-10-23(11-3-1)35-27-14-6-8-16-29(27)36(30-17-9-7-15-28(30)35)26-18-19-33-31(21-26)32-20-24-12-4-5-13-25(24)22-34(32)37-33/h2,4-22,32,34H,1,3H2. The van der Waals surface area contributed by atoms with Crippen LogP contribution in [0.25, 0.3) is 50.4 Å². The third kappa shape index (κ3) is 3.17. The van der Waals surface area contributed by atoms with Gasteiger partial charge in [-0.1, -0.05) is 103 Å². The van der Waals surface area contributed by atoms with Crippen molar-refractivity contribution in [2.45, 2.75) is 24.9 Å². The first-order chi connectivity index (χ1) is 18.3. The van der Waals surface area contributed by atoms with Gasteiger partial charge in [-0.15, -0.1) is 0 Å². The van der Waals surface area contributed by atoms with Crippen LogP contribution in [0.1, 0.15) is 29.9 Å². The van der Waals surface area contributed by atoms with Crippen molar-refractivity contribution in [1.29, 1.82) is 0 Å². The predicted octanol–water partition coefficient (Wildman–Crippen LogP) is 7.51. The van der Waals surface area contributed by atoms with Gasteiger partial charge in [0.15, 0.2) is 0 Å². The van der Waals surface area contributed by atoms with E-state index in [0.29, 0.717) is 0 Å². The molecule has 0 saturated heterocycles. The van der Waals surface area contributed by atoms with E-state index >= 15 is 0 Å². The first kappa shape index (κ1) is 20.8. The molecule has 37 heavy (non-hydrogen) atoms. The zero-order valence-corrected chi connectivity index (χ0v) is 20.5. The van der Waals surface area contributed by atoms with Crippen molar-refractivity contribution in [3.8, 4) is 16.9 Å². The Bertz CT molecular complexity index is 1860. The maximum Gasteiger partial charge on any atom is 0.128 e. The van der Waals surface area contributed by atoms with Gasteiger partial charge in [0.2, 0.25) is 0 Å². The van der Waals surface area contributed by atoms with Gasteiger partial charge in [-0.25, -0.2) is 0 Å². The quantitative estimate of drug-likeness (QED) is 0.241. The molecule has 5 aromatic carbocycles. The van der Waals surface area contributed by atoms with E-state index in [4.69, 9.17) is 4.74 Å². The van der Waals surface area contributed by atoms with Gasteiger partial charge in [0.05, 0.1) is 0 Å². The average molecular weight is 475 g/mol. The molecule has 0 saturated carbocycles. The van der Waals surface area contributed by atoms with E-state index in [9.17, 15) is 0 Å². The Morgan fingerprint density at radius 2 is 1.27 bits per heavy atom. The molecule has 1 nitrogen and oxygen atoms in total. The van der Waals surface area contributed by atoms with E-state index in [1.54, 1.807) is 0 Å². The van der Waals surface area contributed by atoms with Crippen molar-refractivity contribution in [3.63, 3.8) is 0 Å². The van der Waals surface area contributed by atoms with Crippen molar-refractivity contribution in [3.05, 3.63) is 131 Å². The Morgan fingerprint density at radius 3 is 1.95 bits per heavy atom. The van der Waals surface area contributed by atoms with Crippen LogP contribution in [0.3, 0.4) is 0 Å². The van der Waals surface area contributed by atoms with E-state index < -0.39 is 0 Å². The van der Waals surface area contributed by atoms with Crippen LogP contribution in [0.5, 0.6) is 5.75 Å². The Kier molecular flexibility index (Phi) is 4.54. The van der Waals surface area contributed by atoms with Crippen molar-refractivity contribution < 1.29 is 4.74 Å². The largest absolute Gasteiger partial charge is 0.485 e. The molecular weight excluding hydrogens is 448 g/mol. The third-order valence-electron chi connectivity index (χ3n) is 8.19. The van der Waals surface area contributed by atoms with Gasteiger partial charge >= 0.3 is 0 Å². The number of allylic oxidation sites excluding steroid dienone is 4. The Labute approximate surface area is 216 Å². The third-order valence-corrected chi connectivity index (χ3v) is 8.19. The second-order valence-electron chi connectivity index (χ2n) is 10.3. The molecule has 0 amide bonds. The molecule has 5 aromatic rings. The Morgan fingerprint density at radius 1 is 0.622 bits per heavy atom. The van der Waals surface area contributed by atoms with Crippen LogP contribution in [-0.4, -0.2) is 6.10 Å². The molecule has 0 aromatic heterocycles. The number of benzene rings is 5. The molecule has 1 aliphatic heterocycles. The van der Waals surface area contributed by atoms with Crippen LogP contribution in [0.2, 0.25) is 0 Å². The number of hydrogen-bond acceptors (Lipinski definition) is 1. The van der Waals surface area contributed by atoms with Gasteiger partial charge in [-0.05, 0) is 85.3 Å². The monoisotopic (exact) mass is 474 g/mol. The molecule has 0 spiro atoms. The van der Waals surface area contributed by atoms with Gasteiger partial charge in [-0.2, -0.15) is 0 Å². The second kappa shape index (κ2) is 8.08. The normalized spacial score (nSPS) is 19.3. The van der Waals surface area contributed by atoms with E-state index in [-0.39, 0.29) is 12.0 Å². The van der Waals surface area contributed by atoms with E-state index in [1.807, 2.05) is 0 Å². The minimum atomic E-state index is 0.0565. The highest BCUT2D eigenvalue weighted by Gasteiger charge is 2.33. The summed E-state index contributed by atoms with van der Waals surface area (Å²) in [5, 5.41) is 7.78. The summed E-state index contributed by atoms with van der Waals surface area (Å²) in [4.78, 5) is 0. The van der Waals surface area contributed by atoms with Gasteiger partial charge in [-0.3, -0.25) is 0 Å². The number of fused-ring (bicyclic) bond motifs is 6. The lowest BCUT2D eigenvalue weighted by atomic mass is 9.83. The highest BCUT2D eigenvalue weighted by molar-refractivity contribution is 6.19. The smallest absolute Gasteiger partial charge is 0.128 e. The second-order valence-corrected chi connectivity index (χ2v) is 10.3. The summed E-state index contributed by atoms with van der Waals surface area (Å²) >= 11 is 0. The van der Waals surface area contributed by atoms with Crippen LogP contribution < -0.4 is 15.2 Å². The van der Waals surface area contributed by atoms with Crippen LogP contribution in [0.15, 0.2) is 109 Å². The minimum absolute atomic E-state index is 0.0565. The summed E-state index contributed by atoms with van der Waals surface area (Å²) in [6.45, 7) is 0. The van der Waals surface area contributed by atoms with Gasteiger partial charge in [0.1, 0.15) is 11.9 Å². The van der Waals surface area contributed by atoms with E-state index in [2.05, 4.69) is 121 Å². The molecule has 2 aliphatic carbocycles. The van der Waals surface area contributed by atoms with Gasteiger partial charge in [0.25, 0.3) is 0 Å². The average Bonchev–Trinajstić information content (AvgIpc) is 3.31. The van der Waals surface area contributed by atoms with Crippen LogP contribution >= 0.6 is 0 Å². The summed E-state index contributed by atoms with van der Waals surface area (Å²) < 4.78 is 6.43. The molecule has 1 heterocycles. The minimum Gasteiger partial charge on any atom is -0.485 e. The Balaban J connectivity index is 1.39. The lowest BCUT2D eigenvalue weighted by Crippen LogP contribution is -2.34. The molecule has 176 valence electrons. The number of ether oxygens (including phenoxy) is 1. The Hall–Kier alpha value is -4.36. The summed E-state index contributed by atoms with van der Waals surface area (Å²) in [7, 11) is 0. The topological polar surface area (TPSA) is 9.23 Å². The van der Waals surface area contributed by atoms with Gasteiger partial charge in [0, 0.05) is 11.5 Å². The number of hydrogen-bond donors (Lipinski definition) is 0. The summed E-state index contributed by atoms with van der Waals surface area (Å²) in [6.07, 6.45) is 13.9. The lowest BCUT2D eigenvalue weighted by molar-refractivity contribution is 0.288. The lowest BCUT2D eigenvalue weighted by Gasteiger charge is -2.19. The highest BCUT2D eigenvalue weighted by Crippen LogP contribution is 2.46. The van der Waals surface area contributed by atoms with E-state index in [0.717, 1.165) is 18.6 Å². The van der Waals surface area contributed by atoms with Crippen molar-refractivity contribution >= 4 is 39.3 Å². The molecule has 8 rings (SSSR count). The van der Waals surface area contributed by atoms with E-state index in [1.165, 1.54) is 59.8 Å². The SMILES string of the molecule is C1=CC(c2c3ccccc3c(-c3ccc4c(c3)C3C=c5ccccc5=CC3O4)c3ccccc23)=CCC1. The van der Waals surface area contributed by atoms with Crippen LogP contribution in [-0.2, 0) is 0 Å². The van der Waals surface area contributed by atoms with Crippen molar-refractivity contribution in [2.24, 2.45) is 0 Å². The molecule has 3 aliphatic rings. The van der Waals surface area contributed by atoms with Crippen molar-refractivity contribution in [1.82, 2.24) is 0 Å². The molecule has 0 fully saturated rings. The first-order valence-electron chi connectivity index (χ1n) is 13.3. The fourth-order valence-corrected chi connectivity index (χ4v) is 6.53. The number of rotatable bonds is 2. The maximum atomic E-state index is 6.43. The maximum absolute atomic E-state index is 6.43. The van der Waals surface area contributed by atoms with Crippen LogP contribution in [0.4, 0.5) is 0 Å². The fourth-order valence-electron chi connectivity index (χ4n) is 6.53. The van der Waals surface area contributed by atoms with Crippen molar-refractivity contribution in [2.75, 3.05) is 0 Å². The zero-order valence-electron chi connectivity index (χ0n) is 20.5.